The molecule has 4 rings (SSSR count). The number of benzene rings is 2. The van der Waals surface area contributed by atoms with Crippen molar-refractivity contribution in [2.75, 3.05) is 23.9 Å². The molecule has 1 N–H and O–H groups in total. The number of rotatable bonds is 5. The Balaban J connectivity index is 1.47. The first kappa shape index (κ1) is 18.6. The minimum atomic E-state index is -0.947. The zero-order valence-corrected chi connectivity index (χ0v) is 15.9. The molecule has 2 aliphatic heterocycles. The van der Waals surface area contributed by atoms with Crippen molar-refractivity contribution in [3.8, 4) is 5.75 Å². The largest absolute Gasteiger partial charge is 0.497 e. The minimum absolute atomic E-state index is 0.186. The number of amides is 3. The molecule has 2 aromatic carbocycles. The average Bonchev–Trinajstić information content (AvgIpc) is 3.23. The van der Waals surface area contributed by atoms with Gasteiger partial charge in [-0.15, -0.1) is 0 Å². The Hall–Kier alpha value is -3.75. The number of anilines is 2. The first-order valence-corrected chi connectivity index (χ1v) is 9.04. The van der Waals surface area contributed by atoms with Crippen LogP contribution in [0.2, 0.25) is 0 Å². The van der Waals surface area contributed by atoms with Crippen LogP contribution in [0.15, 0.2) is 58.9 Å². The average molecular weight is 393 g/mol. The van der Waals surface area contributed by atoms with E-state index in [0.717, 1.165) is 10.5 Å². The van der Waals surface area contributed by atoms with Crippen molar-refractivity contribution in [3.05, 3.63) is 54.1 Å². The van der Waals surface area contributed by atoms with Gasteiger partial charge in [0.2, 0.25) is 5.91 Å². The number of hydrogen-bond acceptors (Lipinski definition) is 7. The van der Waals surface area contributed by atoms with E-state index >= 15 is 0 Å². The topological polar surface area (TPSA) is 104 Å². The first-order chi connectivity index (χ1) is 14.0. The predicted molar refractivity (Wildman–Crippen MR) is 104 cm³/mol. The number of nitrogens with zero attached hydrogens (tertiary/aromatic N) is 4. The lowest BCUT2D eigenvalue weighted by Gasteiger charge is -2.20. The molecule has 0 radical (unpaired) electrons. The molecule has 0 spiro atoms. The highest BCUT2D eigenvalue weighted by molar-refractivity contribution is 6.25. The van der Waals surface area contributed by atoms with Gasteiger partial charge in [-0.3, -0.25) is 19.4 Å². The van der Waals surface area contributed by atoms with Crippen LogP contribution >= 0.6 is 0 Å². The Morgan fingerprint density at radius 2 is 1.76 bits per heavy atom. The second-order valence-electron chi connectivity index (χ2n) is 6.82. The summed E-state index contributed by atoms with van der Waals surface area (Å²) in [7, 11) is 1.53. The molecule has 2 aliphatic rings. The maximum Gasteiger partial charge on any atom is 0.263 e. The second-order valence-corrected chi connectivity index (χ2v) is 6.82. The Labute approximate surface area is 166 Å². The van der Waals surface area contributed by atoms with Crippen molar-refractivity contribution in [2.45, 2.75) is 19.0 Å². The van der Waals surface area contributed by atoms with Gasteiger partial charge in [-0.05, 0) is 43.3 Å². The fourth-order valence-corrected chi connectivity index (χ4v) is 3.32. The molecule has 2 heterocycles. The highest BCUT2D eigenvalue weighted by Crippen LogP contribution is 2.32. The third-order valence-electron chi connectivity index (χ3n) is 4.83. The van der Waals surface area contributed by atoms with Crippen molar-refractivity contribution in [3.63, 3.8) is 0 Å². The smallest absolute Gasteiger partial charge is 0.263 e. The summed E-state index contributed by atoms with van der Waals surface area (Å²) in [6, 6.07) is 12.1. The highest BCUT2D eigenvalue weighted by atomic mass is 16.5. The number of aryl methyl sites for hydroxylation is 1. The molecule has 0 aromatic heterocycles. The molecule has 0 saturated carbocycles. The number of hydrogen-bond donors (Lipinski definition) is 1. The molecule has 0 bridgehead atoms. The molecule has 0 aliphatic carbocycles. The quantitative estimate of drug-likeness (QED) is 0.782. The third kappa shape index (κ3) is 3.42. The van der Waals surface area contributed by atoms with Gasteiger partial charge in [0.1, 0.15) is 12.3 Å². The molecule has 9 heteroatoms. The number of imide groups is 1. The van der Waals surface area contributed by atoms with E-state index in [1.807, 2.05) is 19.1 Å². The summed E-state index contributed by atoms with van der Waals surface area (Å²) in [6.45, 7) is 1.77. The molecule has 0 unspecified atom stereocenters. The van der Waals surface area contributed by atoms with Crippen molar-refractivity contribution in [2.24, 2.45) is 10.3 Å². The van der Waals surface area contributed by atoms with Crippen molar-refractivity contribution in [1.29, 1.82) is 0 Å². The number of nitrogens with one attached hydrogen (secondary N) is 1. The zero-order valence-electron chi connectivity index (χ0n) is 15.9. The standard InChI is InChI=1S/C20H19N5O4/c1-12-3-5-13(6-4-12)21-16(26)11-24-18-17(22-23-24)19(27)25(20(18)28)14-7-9-15(29-2)10-8-14/h3-10,17-18H,11H2,1-2H3,(H,21,26)/t17-,18+/m1/s1. The van der Waals surface area contributed by atoms with Gasteiger partial charge >= 0.3 is 0 Å². The molecule has 148 valence electrons. The Bertz CT molecular complexity index is 987. The molecule has 3 amide bonds. The zero-order chi connectivity index (χ0) is 20.5. The summed E-state index contributed by atoms with van der Waals surface area (Å²) >= 11 is 0. The summed E-state index contributed by atoms with van der Waals surface area (Å²) in [6.07, 6.45) is 0. The van der Waals surface area contributed by atoms with Crippen LogP contribution in [0.4, 0.5) is 11.4 Å². The fourth-order valence-electron chi connectivity index (χ4n) is 3.32. The number of carbonyl (C=O) groups is 3. The van der Waals surface area contributed by atoms with Crippen LogP contribution in [0.3, 0.4) is 0 Å². The summed E-state index contributed by atoms with van der Waals surface area (Å²) in [4.78, 5) is 39.1. The van der Waals surface area contributed by atoms with Gasteiger partial charge in [-0.1, -0.05) is 22.9 Å². The van der Waals surface area contributed by atoms with E-state index < -0.39 is 23.9 Å². The summed E-state index contributed by atoms with van der Waals surface area (Å²) in [5.74, 6) is -0.660. The van der Waals surface area contributed by atoms with Crippen LogP contribution < -0.4 is 15.0 Å². The van der Waals surface area contributed by atoms with Gasteiger partial charge in [0.25, 0.3) is 11.8 Å². The number of ether oxygens (including phenoxy) is 1. The molecular formula is C20H19N5O4. The lowest BCUT2D eigenvalue weighted by molar-refractivity contribution is -0.123. The molecule has 9 nitrogen and oxygen atoms in total. The third-order valence-corrected chi connectivity index (χ3v) is 4.83. The van der Waals surface area contributed by atoms with E-state index in [9.17, 15) is 14.4 Å². The van der Waals surface area contributed by atoms with E-state index in [2.05, 4.69) is 15.7 Å². The molecular weight excluding hydrogens is 374 g/mol. The van der Waals surface area contributed by atoms with Gasteiger partial charge in [0, 0.05) is 5.69 Å². The highest BCUT2D eigenvalue weighted by Gasteiger charge is 2.55. The molecule has 1 fully saturated rings. The number of fused-ring (bicyclic) bond motifs is 1. The van der Waals surface area contributed by atoms with Crippen LogP contribution in [-0.2, 0) is 14.4 Å². The molecule has 29 heavy (non-hydrogen) atoms. The van der Waals surface area contributed by atoms with Crippen molar-refractivity contribution < 1.29 is 19.1 Å². The summed E-state index contributed by atoms with van der Waals surface area (Å²) in [5, 5.41) is 11.8. The van der Waals surface area contributed by atoms with Gasteiger partial charge in [0.05, 0.1) is 12.8 Å². The van der Waals surface area contributed by atoms with E-state index in [4.69, 9.17) is 4.74 Å². The predicted octanol–water partition coefficient (Wildman–Crippen LogP) is 1.94. The Kier molecular flexibility index (Phi) is 4.71. The summed E-state index contributed by atoms with van der Waals surface area (Å²) in [5.41, 5.74) is 2.14. The van der Waals surface area contributed by atoms with E-state index in [1.54, 1.807) is 36.4 Å². The van der Waals surface area contributed by atoms with E-state index in [1.165, 1.54) is 12.1 Å². The van der Waals surface area contributed by atoms with Crippen LogP contribution in [-0.4, -0.2) is 48.5 Å². The summed E-state index contributed by atoms with van der Waals surface area (Å²) < 4.78 is 5.10. The van der Waals surface area contributed by atoms with Crippen molar-refractivity contribution >= 4 is 29.1 Å². The maximum absolute atomic E-state index is 12.9. The molecule has 1 saturated heterocycles. The Morgan fingerprint density at radius 1 is 1.07 bits per heavy atom. The first-order valence-electron chi connectivity index (χ1n) is 9.04. The van der Waals surface area contributed by atoms with Gasteiger partial charge < -0.3 is 10.1 Å². The number of carbonyl (C=O) groups excluding carboxylic acids is 3. The van der Waals surface area contributed by atoms with Crippen LogP contribution in [0.5, 0.6) is 5.75 Å². The van der Waals surface area contributed by atoms with Crippen molar-refractivity contribution in [1.82, 2.24) is 5.01 Å². The normalized spacial score (nSPS) is 20.2. The lowest BCUT2D eigenvalue weighted by Crippen LogP contribution is -2.43. The molecule has 2 aromatic rings. The van der Waals surface area contributed by atoms with Gasteiger partial charge in [-0.2, -0.15) is 5.11 Å². The monoisotopic (exact) mass is 393 g/mol. The van der Waals surface area contributed by atoms with Gasteiger partial charge in [-0.25, -0.2) is 4.90 Å². The Morgan fingerprint density at radius 3 is 2.41 bits per heavy atom. The SMILES string of the molecule is COc1ccc(N2C(=O)[C@@H]3[C@@H](N=NN3CC(=O)Nc3ccc(C)cc3)C2=O)cc1. The minimum Gasteiger partial charge on any atom is -0.497 e. The van der Waals surface area contributed by atoms with Crippen LogP contribution in [0.25, 0.3) is 0 Å². The number of methoxy groups -OCH3 is 1. The van der Waals surface area contributed by atoms with E-state index in [-0.39, 0.29) is 12.5 Å². The van der Waals surface area contributed by atoms with Crippen LogP contribution in [0, 0.1) is 6.92 Å². The van der Waals surface area contributed by atoms with Gasteiger partial charge in [0.15, 0.2) is 12.1 Å². The second kappa shape index (κ2) is 7.34. The maximum atomic E-state index is 12.9. The fraction of sp³-hybridized carbons (Fsp3) is 0.250. The molecule has 2 atom stereocenters. The lowest BCUT2D eigenvalue weighted by atomic mass is 10.1. The van der Waals surface area contributed by atoms with Crippen LogP contribution in [0.1, 0.15) is 5.56 Å². The van der Waals surface area contributed by atoms with E-state index in [0.29, 0.717) is 17.1 Å².